The van der Waals surface area contributed by atoms with Gasteiger partial charge in [-0.1, -0.05) is 20.3 Å². The number of rotatable bonds is 6. The maximum absolute atomic E-state index is 3.64. The fourth-order valence-electron chi connectivity index (χ4n) is 2.14. The summed E-state index contributed by atoms with van der Waals surface area (Å²) in [6.07, 6.45) is 4.82. The van der Waals surface area contributed by atoms with E-state index in [4.69, 9.17) is 0 Å². The van der Waals surface area contributed by atoms with E-state index in [9.17, 15) is 0 Å². The molecule has 1 aliphatic rings. The van der Waals surface area contributed by atoms with Crippen LogP contribution < -0.4 is 5.32 Å². The molecule has 1 N–H and O–H groups in total. The second kappa shape index (κ2) is 7.53. The van der Waals surface area contributed by atoms with Crippen LogP contribution in [0.2, 0.25) is 0 Å². The Balaban J connectivity index is 2.22. The lowest BCUT2D eigenvalue weighted by Crippen LogP contribution is -2.53. The molecule has 1 saturated heterocycles. The summed E-state index contributed by atoms with van der Waals surface area (Å²) < 4.78 is 0. The van der Waals surface area contributed by atoms with Crippen LogP contribution in [0.25, 0.3) is 0 Å². The van der Waals surface area contributed by atoms with E-state index in [0.29, 0.717) is 0 Å². The smallest absolute Gasteiger partial charge is 0.0221 e. The van der Waals surface area contributed by atoms with Crippen molar-refractivity contribution in [2.24, 2.45) is 5.92 Å². The predicted octanol–water partition coefficient (Wildman–Crippen LogP) is 2.06. The first-order chi connectivity index (χ1) is 7.27. The maximum atomic E-state index is 3.64. The largest absolute Gasteiger partial charge is 0.311 e. The van der Waals surface area contributed by atoms with Crippen LogP contribution >= 0.6 is 11.8 Å². The summed E-state index contributed by atoms with van der Waals surface area (Å²) in [6.45, 7) is 9.61. The topological polar surface area (TPSA) is 15.3 Å². The van der Waals surface area contributed by atoms with Crippen molar-refractivity contribution in [2.45, 2.75) is 32.7 Å². The molecule has 2 unspecified atom stereocenters. The second-order valence-corrected chi connectivity index (χ2v) is 5.58. The third kappa shape index (κ3) is 4.75. The molecule has 0 spiro atoms. The molecule has 0 amide bonds. The fourth-order valence-corrected chi connectivity index (χ4v) is 2.56. The molecule has 1 aliphatic heterocycles. The molecule has 1 heterocycles. The first-order valence-corrected chi connectivity index (χ1v) is 7.62. The minimum Gasteiger partial charge on any atom is -0.311 e. The molecular formula is C12H26N2S. The van der Waals surface area contributed by atoms with Crippen LogP contribution in [0.15, 0.2) is 0 Å². The van der Waals surface area contributed by atoms with Crippen LogP contribution in [0.4, 0.5) is 0 Å². The Morgan fingerprint density at radius 1 is 1.53 bits per heavy atom. The lowest BCUT2D eigenvalue weighted by atomic mass is 9.97. The summed E-state index contributed by atoms with van der Waals surface area (Å²) in [6, 6.07) is 0.720. The normalized spacial score (nSPS) is 25.4. The van der Waals surface area contributed by atoms with Gasteiger partial charge in [0.2, 0.25) is 0 Å². The molecule has 3 heteroatoms. The van der Waals surface area contributed by atoms with Crippen molar-refractivity contribution in [3.8, 4) is 0 Å². The van der Waals surface area contributed by atoms with Crippen molar-refractivity contribution < 1.29 is 0 Å². The Morgan fingerprint density at radius 2 is 2.33 bits per heavy atom. The first-order valence-electron chi connectivity index (χ1n) is 6.22. The van der Waals surface area contributed by atoms with Crippen molar-refractivity contribution in [3.63, 3.8) is 0 Å². The SMILES string of the molecule is CCC(C)C1CN(CCCSC)CCN1. The first kappa shape index (κ1) is 13.3. The monoisotopic (exact) mass is 230 g/mol. The lowest BCUT2D eigenvalue weighted by Gasteiger charge is -2.36. The van der Waals surface area contributed by atoms with Crippen molar-refractivity contribution in [3.05, 3.63) is 0 Å². The molecule has 1 rings (SSSR count). The summed E-state index contributed by atoms with van der Waals surface area (Å²) >= 11 is 1.96. The lowest BCUT2D eigenvalue weighted by molar-refractivity contribution is 0.169. The van der Waals surface area contributed by atoms with Crippen LogP contribution in [-0.4, -0.2) is 49.1 Å². The molecule has 0 bridgehead atoms. The van der Waals surface area contributed by atoms with Crippen LogP contribution in [0.1, 0.15) is 26.7 Å². The number of nitrogens with one attached hydrogen (secondary N) is 1. The average Bonchev–Trinajstić information content (AvgIpc) is 2.29. The average molecular weight is 230 g/mol. The van der Waals surface area contributed by atoms with Gasteiger partial charge in [0.1, 0.15) is 0 Å². The van der Waals surface area contributed by atoms with E-state index in [2.05, 4.69) is 30.3 Å². The molecule has 1 fully saturated rings. The van der Waals surface area contributed by atoms with Gasteiger partial charge in [0.25, 0.3) is 0 Å². The third-order valence-corrected chi connectivity index (χ3v) is 4.14. The van der Waals surface area contributed by atoms with Crippen molar-refractivity contribution >= 4 is 11.8 Å². The Labute approximate surface area is 99.2 Å². The van der Waals surface area contributed by atoms with Crippen molar-refractivity contribution in [1.29, 1.82) is 0 Å². The number of hydrogen-bond acceptors (Lipinski definition) is 3. The van der Waals surface area contributed by atoms with Gasteiger partial charge in [-0.15, -0.1) is 0 Å². The third-order valence-electron chi connectivity index (χ3n) is 3.44. The molecule has 90 valence electrons. The van der Waals surface area contributed by atoms with Gasteiger partial charge in [0.05, 0.1) is 0 Å². The molecule has 0 radical (unpaired) electrons. The highest BCUT2D eigenvalue weighted by Crippen LogP contribution is 2.12. The van der Waals surface area contributed by atoms with E-state index >= 15 is 0 Å². The number of thioether (sulfide) groups is 1. The molecule has 0 aromatic heterocycles. The zero-order valence-corrected chi connectivity index (χ0v) is 11.3. The Hall–Kier alpha value is 0.270. The van der Waals surface area contributed by atoms with Gasteiger partial charge >= 0.3 is 0 Å². The summed E-state index contributed by atoms with van der Waals surface area (Å²) in [7, 11) is 0. The van der Waals surface area contributed by atoms with Crippen LogP contribution in [-0.2, 0) is 0 Å². The number of piperazine rings is 1. The van der Waals surface area contributed by atoms with Gasteiger partial charge in [-0.05, 0) is 30.9 Å². The van der Waals surface area contributed by atoms with Gasteiger partial charge in [-0.3, -0.25) is 0 Å². The van der Waals surface area contributed by atoms with E-state index in [-0.39, 0.29) is 0 Å². The van der Waals surface area contributed by atoms with E-state index in [1.807, 2.05) is 11.8 Å². The molecule has 2 nitrogen and oxygen atoms in total. The number of nitrogens with zero attached hydrogens (tertiary/aromatic N) is 1. The molecule has 2 atom stereocenters. The van der Waals surface area contributed by atoms with E-state index in [1.54, 1.807) is 0 Å². The zero-order chi connectivity index (χ0) is 11.1. The van der Waals surface area contributed by atoms with Gasteiger partial charge in [-0.2, -0.15) is 11.8 Å². The Kier molecular flexibility index (Phi) is 6.69. The fraction of sp³-hybridized carbons (Fsp3) is 1.00. The summed E-state index contributed by atoms with van der Waals surface area (Å²) in [5.74, 6) is 2.12. The molecule has 0 aliphatic carbocycles. The zero-order valence-electron chi connectivity index (χ0n) is 10.5. The van der Waals surface area contributed by atoms with Gasteiger partial charge in [-0.25, -0.2) is 0 Å². The van der Waals surface area contributed by atoms with Crippen molar-refractivity contribution in [1.82, 2.24) is 10.2 Å². The summed E-state index contributed by atoms with van der Waals surface area (Å²) in [4.78, 5) is 2.63. The minimum absolute atomic E-state index is 0.720. The van der Waals surface area contributed by atoms with Gasteiger partial charge in [0, 0.05) is 25.7 Å². The Bertz CT molecular complexity index is 164. The summed E-state index contributed by atoms with van der Waals surface area (Å²) in [5, 5.41) is 3.64. The van der Waals surface area contributed by atoms with E-state index in [0.717, 1.165) is 12.0 Å². The molecule has 15 heavy (non-hydrogen) atoms. The molecule has 0 aromatic carbocycles. The van der Waals surface area contributed by atoms with Crippen LogP contribution in [0.5, 0.6) is 0 Å². The molecule has 0 saturated carbocycles. The predicted molar refractivity (Wildman–Crippen MR) is 70.7 cm³/mol. The highest BCUT2D eigenvalue weighted by molar-refractivity contribution is 7.98. The Morgan fingerprint density at radius 3 is 3.00 bits per heavy atom. The molecule has 0 aromatic rings. The van der Waals surface area contributed by atoms with Gasteiger partial charge in [0.15, 0.2) is 0 Å². The van der Waals surface area contributed by atoms with Crippen LogP contribution in [0, 0.1) is 5.92 Å². The van der Waals surface area contributed by atoms with E-state index < -0.39 is 0 Å². The summed E-state index contributed by atoms with van der Waals surface area (Å²) in [5.41, 5.74) is 0. The van der Waals surface area contributed by atoms with Crippen molar-refractivity contribution in [2.75, 3.05) is 38.2 Å². The molecular weight excluding hydrogens is 204 g/mol. The highest BCUT2D eigenvalue weighted by Gasteiger charge is 2.22. The highest BCUT2D eigenvalue weighted by atomic mass is 32.2. The minimum atomic E-state index is 0.720. The number of hydrogen-bond donors (Lipinski definition) is 1. The van der Waals surface area contributed by atoms with Crippen LogP contribution in [0.3, 0.4) is 0 Å². The van der Waals surface area contributed by atoms with E-state index in [1.165, 1.54) is 44.8 Å². The quantitative estimate of drug-likeness (QED) is 0.703. The standard InChI is InChI=1S/C12H26N2S/c1-4-11(2)12-10-14(8-6-13-12)7-5-9-15-3/h11-13H,4-10H2,1-3H3. The second-order valence-electron chi connectivity index (χ2n) is 4.59. The maximum Gasteiger partial charge on any atom is 0.0221 e. The van der Waals surface area contributed by atoms with Gasteiger partial charge < -0.3 is 10.2 Å².